The SMILES string of the molecule is O=CN1CCCN2CCCC2C1. The second-order valence-electron chi connectivity index (χ2n) is 3.79. The van der Waals surface area contributed by atoms with Crippen molar-refractivity contribution in [3.63, 3.8) is 0 Å². The van der Waals surface area contributed by atoms with Gasteiger partial charge in [-0.1, -0.05) is 0 Å². The number of fused-ring (bicyclic) bond motifs is 1. The zero-order valence-corrected chi connectivity index (χ0v) is 7.41. The van der Waals surface area contributed by atoms with E-state index >= 15 is 0 Å². The molecule has 1 amide bonds. The van der Waals surface area contributed by atoms with E-state index in [0.29, 0.717) is 6.04 Å². The molecule has 0 aromatic carbocycles. The fraction of sp³-hybridized carbons (Fsp3) is 0.889. The molecule has 0 aliphatic carbocycles. The van der Waals surface area contributed by atoms with E-state index in [1.807, 2.05) is 4.90 Å². The zero-order valence-electron chi connectivity index (χ0n) is 7.41. The Morgan fingerprint density at radius 2 is 2.00 bits per heavy atom. The highest BCUT2D eigenvalue weighted by atomic mass is 16.1. The van der Waals surface area contributed by atoms with Crippen molar-refractivity contribution in [1.82, 2.24) is 9.80 Å². The van der Waals surface area contributed by atoms with Crippen LogP contribution in [-0.4, -0.2) is 48.4 Å². The van der Waals surface area contributed by atoms with Crippen LogP contribution in [0.15, 0.2) is 0 Å². The van der Waals surface area contributed by atoms with Crippen molar-refractivity contribution in [3.05, 3.63) is 0 Å². The van der Waals surface area contributed by atoms with E-state index in [1.54, 1.807) is 0 Å². The molecule has 0 aromatic heterocycles. The molecular formula is C9H16N2O. The Hall–Kier alpha value is -0.570. The Morgan fingerprint density at radius 3 is 2.83 bits per heavy atom. The first-order valence-corrected chi connectivity index (χ1v) is 4.83. The molecular weight excluding hydrogens is 152 g/mol. The number of nitrogens with zero attached hydrogens (tertiary/aromatic N) is 2. The summed E-state index contributed by atoms with van der Waals surface area (Å²) in [4.78, 5) is 15.1. The lowest BCUT2D eigenvalue weighted by atomic mass is 10.2. The summed E-state index contributed by atoms with van der Waals surface area (Å²) >= 11 is 0. The maximum absolute atomic E-state index is 10.6. The smallest absolute Gasteiger partial charge is 0.209 e. The molecule has 1 unspecified atom stereocenters. The molecule has 0 bridgehead atoms. The summed E-state index contributed by atoms with van der Waals surface area (Å²) in [7, 11) is 0. The molecule has 1 atom stereocenters. The molecule has 0 N–H and O–H groups in total. The van der Waals surface area contributed by atoms with Gasteiger partial charge in [-0.2, -0.15) is 0 Å². The van der Waals surface area contributed by atoms with Crippen LogP contribution >= 0.6 is 0 Å². The van der Waals surface area contributed by atoms with E-state index < -0.39 is 0 Å². The molecule has 3 nitrogen and oxygen atoms in total. The van der Waals surface area contributed by atoms with Crippen molar-refractivity contribution < 1.29 is 4.79 Å². The zero-order chi connectivity index (χ0) is 8.39. The minimum Gasteiger partial charge on any atom is -0.344 e. The van der Waals surface area contributed by atoms with Crippen LogP contribution in [0.4, 0.5) is 0 Å². The van der Waals surface area contributed by atoms with E-state index in [2.05, 4.69) is 4.90 Å². The molecule has 2 saturated heterocycles. The minimum atomic E-state index is 0.665. The number of carbonyl (C=O) groups excluding carboxylic acids is 1. The van der Waals surface area contributed by atoms with Crippen LogP contribution < -0.4 is 0 Å². The summed E-state index contributed by atoms with van der Waals surface area (Å²) in [6.45, 7) is 4.35. The van der Waals surface area contributed by atoms with Crippen molar-refractivity contribution in [1.29, 1.82) is 0 Å². The maximum atomic E-state index is 10.6. The van der Waals surface area contributed by atoms with Gasteiger partial charge < -0.3 is 4.90 Å². The quantitative estimate of drug-likeness (QED) is 0.526. The van der Waals surface area contributed by atoms with Gasteiger partial charge in [0, 0.05) is 25.7 Å². The van der Waals surface area contributed by atoms with Crippen molar-refractivity contribution in [2.24, 2.45) is 0 Å². The highest BCUT2D eigenvalue weighted by Crippen LogP contribution is 2.20. The van der Waals surface area contributed by atoms with Gasteiger partial charge in [0.05, 0.1) is 0 Å². The maximum Gasteiger partial charge on any atom is 0.209 e. The van der Waals surface area contributed by atoms with Crippen LogP contribution in [-0.2, 0) is 4.79 Å². The first-order valence-electron chi connectivity index (χ1n) is 4.83. The lowest BCUT2D eigenvalue weighted by Gasteiger charge is -2.22. The van der Waals surface area contributed by atoms with E-state index in [-0.39, 0.29) is 0 Å². The minimum absolute atomic E-state index is 0.665. The van der Waals surface area contributed by atoms with Gasteiger partial charge in [-0.3, -0.25) is 9.69 Å². The Labute approximate surface area is 73.3 Å². The Kier molecular flexibility index (Phi) is 2.30. The summed E-state index contributed by atoms with van der Waals surface area (Å²) in [5.41, 5.74) is 0. The van der Waals surface area contributed by atoms with Gasteiger partial charge in [0.15, 0.2) is 0 Å². The monoisotopic (exact) mass is 168 g/mol. The standard InChI is InChI=1S/C9H16N2O/c12-8-10-4-2-6-11-5-1-3-9(11)7-10/h8-9H,1-7H2. The summed E-state index contributed by atoms with van der Waals surface area (Å²) in [6.07, 6.45) is 4.75. The molecule has 12 heavy (non-hydrogen) atoms. The topological polar surface area (TPSA) is 23.6 Å². The predicted octanol–water partition coefficient (Wildman–Crippen LogP) is 0.313. The second kappa shape index (κ2) is 3.44. The van der Waals surface area contributed by atoms with Crippen molar-refractivity contribution in [2.75, 3.05) is 26.2 Å². The first-order chi connectivity index (χ1) is 5.90. The van der Waals surface area contributed by atoms with E-state index in [1.165, 1.54) is 25.9 Å². The molecule has 2 heterocycles. The molecule has 2 fully saturated rings. The number of hydrogen-bond acceptors (Lipinski definition) is 2. The Morgan fingerprint density at radius 1 is 1.17 bits per heavy atom. The van der Waals surface area contributed by atoms with Gasteiger partial charge >= 0.3 is 0 Å². The lowest BCUT2D eigenvalue weighted by molar-refractivity contribution is -0.118. The van der Waals surface area contributed by atoms with Crippen LogP contribution in [0.5, 0.6) is 0 Å². The van der Waals surface area contributed by atoms with E-state index in [4.69, 9.17) is 0 Å². The fourth-order valence-electron chi connectivity index (χ4n) is 2.33. The van der Waals surface area contributed by atoms with Crippen LogP contribution in [0.25, 0.3) is 0 Å². The average Bonchev–Trinajstić information content (AvgIpc) is 2.43. The predicted molar refractivity (Wildman–Crippen MR) is 46.8 cm³/mol. The molecule has 0 spiro atoms. The number of amides is 1. The van der Waals surface area contributed by atoms with Crippen LogP contribution in [0.1, 0.15) is 19.3 Å². The fourth-order valence-corrected chi connectivity index (χ4v) is 2.33. The largest absolute Gasteiger partial charge is 0.344 e. The van der Waals surface area contributed by atoms with Crippen molar-refractivity contribution in [3.8, 4) is 0 Å². The third kappa shape index (κ3) is 1.46. The first kappa shape index (κ1) is 8.05. The second-order valence-corrected chi connectivity index (χ2v) is 3.79. The molecule has 2 aliphatic heterocycles. The highest BCUT2D eigenvalue weighted by molar-refractivity contribution is 5.47. The Bertz CT molecular complexity index is 172. The van der Waals surface area contributed by atoms with Gasteiger partial charge in [-0.15, -0.1) is 0 Å². The van der Waals surface area contributed by atoms with Gasteiger partial charge in [0.2, 0.25) is 6.41 Å². The molecule has 0 saturated carbocycles. The third-order valence-corrected chi connectivity index (χ3v) is 2.98. The van der Waals surface area contributed by atoms with Gasteiger partial charge in [0.25, 0.3) is 0 Å². The van der Waals surface area contributed by atoms with Gasteiger partial charge in [-0.25, -0.2) is 0 Å². The van der Waals surface area contributed by atoms with E-state index in [0.717, 1.165) is 25.9 Å². The highest BCUT2D eigenvalue weighted by Gasteiger charge is 2.27. The molecule has 0 radical (unpaired) electrons. The molecule has 0 aromatic rings. The Balaban J connectivity index is 1.99. The summed E-state index contributed by atoms with van der Waals surface area (Å²) in [5.74, 6) is 0. The van der Waals surface area contributed by atoms with Crippen molar-refractivity contribution in [2.45, 2.75) is 25.3 Å². The number of carbonyl (C=O) groups is 1. The lowest BCUT2D eigenvalue weighted by Crippen LogP contribution is -2.35. The van der Waals surface area contributed by atoms with Crippen LogP contribution in [0, 0.1) is 0 Å². The third-order valence-electron chi connectivity index (χ3n) is 2.98. The van der Waals surface area contributed by atoms with Crippen LogP contribution in [0.2, 0.25) is 0 Å². The number of hydrogen-bond donors (Lipinski definition) is 0. The average molecular weight is 168 g/mol. The van der Waals surface area contributed by atoms with Crippen LogP contribution in [0.3, 0.4) is 0 Å². The summed E-state index contributed by atoms with van der Waals surface area (Å²) in [6, 6.07) is 0.665. The normalized spacial score (nSPS) is 31.3. The van der Waals surface area contributed by atoms with Gasteiger partial charge in [-0.05, 0) is 25.8 Å². The molecule has 68 valence electrons. The summed E-state index contributed by atoms with van der Waals surface area (Å²) < 4.78 is 0. The number of rotatable bonds is 1. The van der Waals surface area contributed by atoms with Gasteiger partial charge in [0.1, 0.15) is 0 Å². The van der Waals surface area contributed by atoms with Crippen molar-refractivity contribution >= 4 is 6.41 Å². The summed E-state index contributed by atoms with van der Waals surface area (Å²) in [5, 5.41) is 0. The molecule has 3 heteroatoms. The molecule has 2 rings (SSSR count). The van der Waals surface area contributed by atoms with E-state index in [9.17, 15) is 4.79 Å². The molecule has 2 aliphatic rings.